The Hall–Kier alpha value is -3.08. The monoisotopic (exact) mass is 529 g/mol. The molecule has 3 atom stereocenters. The summed E-state index contributed by atoms with van der Waals surface area (Å²) in [5, 5.41) is 10.9. The van der Waals surface area contributed by atoms with E-state index in [0.29, 0.717) is 45.1 Å². The lowest BCUT2D eigenvalue weighted by Gasteiger charge is -2.27. The molecule has 0 spiro atoms. The summed E-state index contributed by atoms with van der Waals surface area (Å²) in [6, 6.07) is 8.96. The Labute approximate surface area is 222 Å². The molecule has 8 nitrogen and oxygen atoms in total. The molecule has 1 aromatic heterocycles. The zero-order chi connectivity index (χ0) is 27.1. The first-order valence-electron chi connectivity index (χ1n) is 13.0. The van der Waals surface area contributed by atoms with Crippen molar-refractivity contribution in [1.82, 2.24) is 20.0 Å². The average Bonchev–Trinajstić information content (AvgIpc) is 3.43. The molecular formula is C28H37F2N5O3. The summed E-state index contributed by atoms with van der Waals surface area (Å²) in [4.78, 5) is 15.5. The molecule has 1 saturated heterocycles. The number of hydrogen-bond donors (Lipinski definition) is 2. The summed E-state index contributed by atoms with van der Waals surface area (Å²) in [5.74, 6) is -0.948. The second kappa shape index (κ2) is 13.1. The second-order valence-corrected chi connectivity index (χ2v) is 9.90. The maximum atomic E-state index is 14.1. The molecule has 10 heteroatoms. The third-order valence-electron chi connectivity index (χ3n) is 7.23. The number of likely N-dealkylation sites (tertiary alicyclic amines) is 1. The number of amides is 2. The molecule has 4 rings (SSSR count). The average molecular weight is 530 g/mol. The smallest absolute Gasteiger partial charge is 0.320 e. The number of carbonyl (C=O) groups is 1. The van der Waals surface area contributed by atoms with Crippen molar-refractivity contribution < 1.29 is 23.0 Å². The number of anilines is 1. The zero-order valence-electron chi connectivity index (χ0n) is 22.3. The topological polar surface area (TPSA) is 80.6 Å². The van der Waals surface area contributed by atoms with Crippen molar-refractivity contribution in [3.05, 3.63) is 65.4 Å². The molecule has 0 radical (unpaired) electrons. The molecule has 1 aliphatic heterocycles. The van der Waals surface area contributed by atoms with Crippen LogP contribution in [0.15, 0.2) is 54.1 Å². The molecule has 2 heterocycles. The molecule has 1 aliphatic carbocycles. The number of urea groups is 1. The van der Waals surface area contributed by atoms with Gasteiger partial charge in [0.1, 0.15) is 17.5 Å². The molecule has 38 heavy (non-hydrogen) atoms. The Kier molecular flexibility index (Phi) is 9.65. The van der Waals surface area contributed by atoms with Gasteiger partial charge < -0.3 is 14.8 Å². The summed E-state index contributed by atoms with van der Waals surface area (Å²) >= 11 is 0. The van der Waals surface area contributed by atoms with E-state index in [1.54, 1.807) is 18.9 Å². The van der Waals surface area contributed by atoms with Crippen molar-refractivity contribution in [2.24, 2.45) is 11.8 Å². The fourth-order valence-corrected chi connectivity index (χ4v) is 5.30. The van der Waals surface area contributed by atoms with Crippen LogP contribution in [-0.4, -0.2) is 73.8 Å². The number of carbonyl (C=O) groups excluding carboxylic acids is 1. The molecule has 2 N–H and O–H groups in total. The van der Waals surface area contributed by atoms with Crippen LogP contribution in [0, 0.1) is 18.8 Å². The van der Waals surface area contributed by atoms with Crippen LogP contribution in [0.1, 0.15) is 24.1 Å². The quantitative estimate of drug-likeness (QED) is 0.418. The van der Waals surface area contributed by atoms with Crippen molar-refractivity contribution in [1.29, 1.82) is 0 Å². The molecule has 0 bridgehead atoms. The van der Waals surface area contributed by atoms with Crippen LogP contribution in [0.3, 0.4) is 0 Å². The Morgan fingerprint density at radius 1 is 1.13 bits per heavy atom. The molecule has 2 aliphatic rings. The van der Waals surface area contributed by atoms with Gasteiger partial charge in [0.05, 0.1) is 18.0 Å². The summed E-state index contributed by atoms with van der Waals surface area (Å²) in [5.41, 5.74) is 2.60. The van der Waals surface area contributed by atoms with Crippen LogP contribution in [0.5, 0.6) is 0 Å². The fraction of sp³-hybridized carbons (Fsp3) is 0.500. The zero-order valence-corrected chi connectivity index (χ0v) is 22.3. The first-order valence-corrected chi connectivity index (χ1v) is 13.0. The first-order chi connectivity index (χ1) is 18.4. The number of nitrogens with zero attached hydrogens (tertiary/aromatic N) is 3. The minimum absolute atomic E-state index is 0.126. The van der Waals surface area contributed by atoms with Gasteiger partial charge in [-0.3, -0.25) is 10.2 Å². The molecule has 2 aromatic rings. The number of methoxy groups -OCH3 is 2. The molecule has 2 amide bonds. The van der Waals surface area contributed by atoms with Gasteiger partial charge in [-0.05, 0) is 49.8 Å². The van der Waals surface area contributed by atoms with Gasteiger partial charge in [0.15, 0.2) is 0 Å². The highest BCUT2D eigenvalue weighted by Gasteiger charge is 2.39. The number of benzene rings is 1. The van der Waals surface area contributed by atoms with Gasteiger partial charge in [-0.25, -0.2) is 18.3 Å². The number of hydrogen-bond acceptors (Lipinski definition) is 5. The maximum absolute atomic E-state index is 14.1. The summed E-state index contributed by atoms with van der Waals surface area (Å²) in [7, 11) is 3.31. The number of rotatable bonds is 11. The van der Waals surface area contributed by atoms with Crippen molar-refractivity contribution in [3.63, 3.8) is 0 Å². The third-order valence-corrected chi connectivity index (χ3v) is 7.23. The van der Waals surface area contributed by atoms with Crippen LogP contribution < -0.4 is 10.6 Å². The van der Waals surface area contributed by atoms with Crippen LogP contribution in [0.2, 0.25) is 0 Å². The predicted octanol–water partition coefficient (Wildman–Crippen LogP) is 4.55. The van der Waals surface area contributed by atoms with E-state index in [1.807, 2.05) is 37.3 Å². The van der Waals surface area contributed by atoms with Crippen LogP contribution >= 0.6 is 0 Å². The lowest BCUT2D eigenvalue weighted by molar-refractivity contribution is 0.157. The molecule has 0 saturated carbocycles. The number of para-hydroxylation sites is 1. The molecule has 206 valence electrons. The number of allylic oxidation sites excluding steroid dienone is 4. The first kappa shape index (κ1) is 27.9. The lowest BCUT2D eigenvalue weighted by atomic mass is 9.83. The third kappa shape index (κ3) is 6.86. The Balaban J connectivity index is 1.53. The highest BCUT2D eigenvalue weighted by Crippen LogP contribution is 2.35. The van der Waals surface area contributed by atoms with Crippen molar-refractivity contribution in [2.45, 2.75) is 32.2 Å². The minimum Gasteiger partial charge on any atom is -0.385 e. The largest absolute Gasteiger partial charge is 0.385 e. The van der Waals surface area contributed by atoms with E-state index in [9.17, 15) is 13.6 Å². The normalized spacial score (nSPS) is 21.8. The van der Waals surface area contributed by atoms with Crippen molar-refractivity contribution in [2.75, 3.05) is 52.4 Å². The molecule has 1 fully saturated rings. The van der Waals surface area contributed by atoms with Gasteiger partial charge in [0, 0.05) is 64.6 Å². The van der Waals surface area contributed by atoms with Gasteiger partial charge in [-0.2, -0.15) is 5.10 Å². The summed E-state index contributed by atoms with van der Waals surface area (Å²) in [6.45, 7) is 4.96. The Morgan fingerprint density at radius 3 is 2.61 bits per heavy atom. The maximum Gasteiger partial charge on any atom is 0.320 e. The SMILES string of the molecule is COCCCc1nn(-c2ccccc2)c(NC(=O)N[C@@H]2CN(CCOC)C[C@H]2C2C=C(F)C=C(F)C2)c1C. The lowest BCUT2D eigenvalue weighted by Crippen LogP contribution is -2.45. The van der Waals surface area contributed by atoms with Gasteiger partial charge in [-0.1, -0.05) is 18.2 Å². The van der Waals surface area contributed by atoms with E-state index in [0.717, 1.165) is 29.4 Å². The highest BCUT2D eigenvalue weighted by atomic mass is 19.1. The molecule has 1 aromatic carbocycles. The van der Waals surface area contributed by atoms with Crippen LogP contribution in [0.25, 0.3) is 5.69 Å². The second-order valence-electron chi connectivity index (χ2n) is 9.90. The van der Waals surface area contributed by atoms with Crippen LogP contribution in [0.4, 0.5) is 19.4 Å². The van der Waals surface area contributed by atoms with E-state index in [1.165, 1.54) is 6.08 Å². The fourth-order valence-electron chi connectivity index (χ4n) is 5.30. The number of nitrogens with one attached hydrogen (secondary N) is 2. The van der Waals surface area contributed by atoms with Crippen molar-refractivity contribution in [3.8, 4) is 5.69 Å². The van der Waals surface area contributed by atoms with E-state index < -0.39 is 11.7 Å². The summed E-state index contributed by atoms with van der Waals surface area (Å²) < 4.78 is 40.3. The van der Waals surface area contributed by atoms with E-state index in [4.69, 9.17) is 14.6 Å². The number of halogens is 2. The minimum atomic E-state index is -0.569. The van der Waals surface area contributed by atoms with Gasteiger partial charge in [0.2, 0.25) is 0 Å². The summed E-state index contributed by atoms with van der Waals surface area (Å²) in [6.07, 6.45) is 4.06. The number of aromatic nitrogens is 2. The predicted molar refractivity (Wildman–Crippen MR) is 143 cm³/mol. The Morgan fingerprint density at radius 2 is 1.89 bits per heavy atom. The van der Waals surface area contributed by atoms with Crippen LogP contribution in [-0.2, 0) is 15.9 Å². The van der Waals surface area contributed by atoms with Crippen molar-refractivity contribution >= 4 is 11.8 Å². The number of ether oxygens (including phenoxy) is 2. The van der Waals surface area contributed by atoms with E-state index in [2.05, 4.69) is 15.5 Å². The van der Waals surface area contributed by atoms with E-state index >= 15 is 0 Å². The van der Waals surface area contributed by atoms with Gasteiger partial charge in [0.25, 0.3) is 0 Å². The highest BCUT2D eigenvalue weighted by molar-refractivity contribution is 5.90. The Bertz CT molecular complexity index is 1150. The van der Waals surface area contributed by atoms with Gasteiger partial charge >= 0.3 is 6.03 Å². The molecule has 1 unspecified atom stereocenters. The van der Waals surface area contributed by atoms with Gasteiger partial charge in [-0.15, -0.1) is 0 Å². The number of aryl methyl sites for hydroxylation is 1. The standard InChI is InChI=1S/C28H37F2N5O3/c1-19-25(10-7-12-37-2)33-35(23-8-5-4-6-9-23)27(19)32-28(36)31-26-18-34(11-13-38-3)17-24(26)20-14-21(29)16-22(30)15-20/h4-6,8-9,14,16,20,24,26H,7,10-13,15,17-18H2,1-3H3,(H2,31,32,36)/t20?,24-,26+/m0/s1. The van der Waals surface area contributed by atoms with E-state index in [-0.39, 0.29) is 30.3 Å². The molecular weight excluding hydrogens is 492 g/mol.